The fourth-order valence-corrected chi connectivity index (χ4v) is 4.51. The van der Waals surface area contributed by atoms with E-state index in [2.05, 4.69) is 10.0 Å². The summed E-state index contributed by atoms with van der Waals surface area (Å²) in [5.74, 6) is -0.371. The van der Waals surface area contributed by atoms with Crippen molar-refractivity contribution in [3.63, 3.8) is 0 Å². The predicted molar refractivity (Wildman–Crippen MR) is 130 cm³/mol. The number of hydrogen-bond donors (Lipinski definition) is 2. The van der Waals surface area contributed by atoms with Crippen molar-refractivity contribution >= 4 is 27.6 Å². The summed E-state index contributed by atoms with van der Waals surface area (Å²) in [5, 5.41) is 2.65. The summed E-state index contributed by atoms with van der Waals surface area (Å²) in [6.07, 6.45) is 0. The lowest BCUT2D eigenvalue weighted by atomic mass is 10.2. The largest absolute Gasteiger partial charge is 0.495 e. The van der Waals surface area contributed by atoms with Crippen LogP contribution < -0.4 is 19.5 Å². The SMILES string of the molecule is COc1ccc(C(=O)OCC(=O)Nc2ccccc2Oc2ccccc2)cc1S(=O)(=O)NC(C)C. The molecule has 3 rings (SSSR count). The molecule has 0 fully saturated rings. The molecule has 0 aliphatic carbocycles. The zero-order chi connectivity index (χ0) is 25.4. The Morgan fingerprint density at radius 2 is 1.60 bits per heavy atom. The number of carbonyl (C=O) groups excluding carboxylic acids is 2. The maximum absolute atomic E-state index is 12.6. The highest BCUT2D eigenvalue weighted by Gasteiger charge is 2.23. The average Bonchev–Trinajstić information content (AvgIpc) is 2.83. The van der Waals surface area contributed by atoms with E-state index in [1.807, 2.05) is 18.2 Å². The summed E-state index contributed by atoms with van der Waals surface area (Å²) in [4.78, 5) is 24.8. The second kappa shape index (κ2) is 11.5. The van der Waals surface area contributed by atoms with Crippen LogP contribution in [0.25, 0.3) is 0 Å². The van der Waals surface area contributed by atoms with Gasteiger partial charge in [-0.15, -0.1) is 0 Å². The van der Waals surface area contributed by atoms with E-state index in [1.54, 1.807) is 50.2 Å². The van der Waals surface area contributed by atoms with Crippen LogP contribution in [0.4, 0.5) is 5.69 Å². The van der Waals surface area contributed by atoms with E-state index in [0.717, 1.165) is 6.07 Å². The molecule has 9 nitrogen and oxygen atoms in total. The predicted octanol–water partition coefficient (Wildman–Crippen LogP) is 3.97. The third kappa shape index (κ3) is 7.05. The lowest BCUT2D eigenvalue weighted by molar-refractivity contribution is -0.119. The molecule has 0 spiro atoms. The number of anilines is 1. The van der Waals surface area contributed by atoms with Crippen LogP contribution in [0, 0.1) is 0 Å². The molecule has 3 aromatic rings. The number of nitrogens with one attached hydrogen (secondary N) is 2. The number of para-hydroxylation sites is 3. The van der Waals surface area contributed by atoms with Crippen LogP contribution in [-0.2, 0) is 19.6 Å². The molecule has 0 heterocycles. The van der Waals surface area contributed by atoms with E-state index in [1.165, 1.54) is 19.2 Å². The van der Waals surface area contributed by atoms with Gasteiger partial charge in [-0.2, -0.15) is 0 Å². The Balaban J connectivity index is 1.67. The second-order valence-corrected chi connectivity index (χ2v) is 9.36. The summed E-state index contributed by atoms with van der Waals surface area (Å²) in [6.45, 7) is 2.75. The molecule has 0 saturated carbocycles. The molecule has 0 aliphatic rings. The molecule has 3 aromatic carbocycles. The van der Waals surface area contributed by atoms with Gasteiger partial charge >= 0.3 is 5.97 Å². The Morgan fingerprint density at radius 1 is 0.914 bits per heavy atom. The van der Waals surface area contributed by atoms with Gasteiger partial charge in [-0.3, -0.25) is 4.79 Å². The Hall–Kier alpha value is -3.89. The van der Waals surface area contributed by atoms with Crippen molar-refractivity contribution < 1.29 is 32.2 Å². The van der Waals surface area contributed by atoms with Gasteiger partial charge < -0.3 is 19.5 Å². The molecule has 1 amide bonds. The Bertz CT molecular complexity index is 1290. The third-order valence-corrected chi connectivity index (χ3v) is 6.23. The van der Waals surface area contributed by atoms with Gasteiger partial charge in [0.25, 0.3) is 5.91 Å². The van der Waals surface area contributed by atoms with Gasteiger partial charge in [-0.25, -0.2) is 17.9 Å². The monoisotopic (exact) mass is 498 g/mol. The first-order valence-corrected chi connectivity index (χ1v) is 12.2. The van der Waals surface area contributed by atoms with Crippen LogP contribution in [-0.4, -0.2) is 40.1 Å². The molecule has 0 atom stereocenters. The Kier molecular flexibility index (Phi) is 8.45. The van der Waals surface area contributed by atoms with Crippen LogP contribution in [0.2, 0.25) is 0 Å². The van der Waals surface area contributed by atoms with Crippen molar-refractivity contribution in [3.8, 4) is 17.2 Å². The second-order valence-electron chi connectivity index (χ2n) is 7.68. The number of ether oxygens (including phenoxy) is 3. The Labute approximate surface area is 204 Å². The summed E-state index contributed by atoms with van der Waals surface area (Å²) in [5.41, 5.74) is 0.352. The van der Waals surface area contributed by atoms with E-state index in [-0.39, 0.29) is 22.3 Å². The van der Waals surface area contributed by atoms with Crippen LogP contribution in [0.5, 0.6) is 17.2 Å². The highest BCUT2D eigenvalue weighted by molar-refractivity contribution is 7.89. The number of amides is 1. The highest BCUT2D eigenvalue weighted by Crippen LogP contribution is 2.29. The van der Waals surface area contributed by atoms with Gasteiger partial charge in [0.15, 0.2) is 12.4 Å². The van der Waals surface area contributed by atoms with Gasteiger partial charge in [-0.05, 0) is 56.3 Å². The normalized spacial score (nSPS) is 11.1. The zero-order valence-corrected chi connectivity index (χ0v) is 20.3. The van der Waals surface area contributed by atoms with Gasteiger partial charge in [0.05, 0.1) is 18.4 Å². The van der Waals surface area contributed by atoms with Crippen molar-refractivity contribution in [1.82, 2.24) is 4.72 Å². The fraction of sp³-hybridized carbons (Fsp3) is 0.200. The molecule has 35 heavy (non-hydrogen) atoms. The molecule has 0 radical (unpaired) electrons. The first kappa shape index (κ1) is 25.7. The number of methoxy groups -OCH3 is 1. The minimum atomic E-state index is -3.94. The molecular formula is C25H26N2O7S. The molecule has 0 aromatic heterocycles. The number of benzene rings is 3. The number of hydrogen-bond acceptors (Lipinski definition) is 7. The topological polar surface area (TPSA) is 120 Å². The van der Waals surface area contributed by atoms with E-state index < -0.39 is 28.5 Å². The van der Waals surface area contributed by atoms with Crippen LogP contribution in [0.15, 0.2) is 77.7 Å². The molecule has 2 N–H and O–H groups in total. The number of carbonyl (C=O) groups is 2. The maximum atomic E-state index is 12.6. The number of esters is 1. The number of rotatable bonds is 10. The van der Waals surface area contributed by atoms with Crippen molar-refractivity contribution in [3.05, 3.63) is 78.4 Å². The van der Waals surface area contributed by atoms with Crippen molar-refractivity contribution in [2.24, 2.45) is 0 Å². The van der Waals surface area contributed by atoms with Crippen LogP contribution in [0.3, 0.4) is 0 Å². The van der Waals surface area contributed by atoms with E-state index in [0.29, 0.717) is 17.2 Å². The van der Waals surface area contributed by atoms with Gasteiger partial charge in [0, 0.05) is 6.04 Å². The first-order chi connectivity index (χ1) is 16.7. The van der Waals surface area contributed by atoms with Crippen LogP contribution >= 0.6 is 0 Å². The van der Waals surface area contributed by atoms with Crippen molar-refractivity contribution in [2.75, 3.05) is 19.0 Å². The molecule has 0 bridgehead atoms. The summed E-state index contributed by atoms with van der Waals surface area (Å²) in [6, 6.07) is 19.4. The first-order valence-electron chi connectivity index (χ1n) is 10.7. The summed E-state index contributed by atoms with van der Waals surface area (Å²) >= 11 is 0. The quantitative estimate of drug-likeness (QED) is 0.406. The maximum Gasteiger partial charge on any atom is 0.338 e. The lowest BCUT2D eigenvalue weighted by Crippen LogP contribution is -2.30. The zero-order valence-electron chi connectivity index (χ0n) is 19.5. The number of sulfonamides is 1. The third-order valence-electron chi connectivity index (χ3n) is 4.55. The van der Waals surface area contributed by atoms with Gasteiger partial charge in [-0.1, -0.05) is 30.3 Å². The molecule has 10 heteroatoms. The van der Waals surface area contributed by atoms with Crippen LogP contribution in [0.1, 0.15) is 24.2 Å². The lowest BCUT2D eigenvalue weighted by Gasteiger charge is -2.14. The average molecular weight is 499 g/mol. The van der Waals surface area contributed by atoms with Gasteiger partial charge in [0.1, 0.15) is 16.4 Å². The van der Waals surface area contributed by atoms with Gasteiger partial charge in [0.2, 0.25) is 10.0 Å². The molecule has 0 unspecified atom stereocenters. The summed E-state index contributed by atoms with van der Waals surface area (Å²) < 4.78 is 43.7. The Morgan fingerprint density at radius 3 is 2.29 bits per heavy atom. The van der Waals surface area contributed by atoms with Crippen molar-refractivity contribution in [2.45, 2.75) is 24.8 Å². The minimum absolute atomic E-state index is 0.0458. The standard InChI is InChI=1S/C25H26N2O7S/c1-17(2)27-35(30,31)23-15-18(13-14-22(23)32-3)25(29)33-16-24(28)26-20-11-7-8-12-21(20)34-19-9-5-4-6-10-19/h4-15,17,27H,16H2,1-3H3,(H,26,28). The minimum Gasteiger partial charge on any atom is -0.495 e. The molecule has 0 saturated heterocycles. The smallest absolute Gasteiger partial charge is 0.338 e. The van der Waals surface area contributed by atoms with E-state index in [4.69, 9.17) is 14.2 Å². The molecule has 184 valence electrons. The fourth-order valence-electron chi connectivity index (χ4n) is 3.06. The summed E-state index contributed by atoms with van der Waals surface area (Å²) in [7, 11) is -2.61. The van der Waals surface area contributed by atoms with E-state index in [9.17, 15) is 18.0 Å². The highest BCUT2D eigenvalue weighted by atomic mass is 32.2. The molecular weight excluding hydrogens is 472 g/mol. The van der Waals surface area contributed by atoms with E-state index >= 15 is 0 Å². The molecule has 0 aliphatic heterocycles. The van der Waals surface area contributed by atoms with Crippen molar-refractivity contribution in [1.29, 1.82) is 0 Å².